The summed E-state index contributed by atoms with van der Waals surface area (Å²) in [6.45, 7) is 5.03. The van der Waals surface area contributed by atoms with E-state index in [1.54, 1.807) is 24.3 Å². The van der Waals surface area contributed by atoms with Crippen LogP contribution in [0.15, 0.2) is 24.3 Å². The number of benzene rings is 1. The largest absolute Gasteiger partial charge is 0.481 e. The number of imide groups is 1. The van der Waals surface area contributed by atoms with Gasteiger partial charge in [-0.1, -0.05) is 12.1 Å². The van der Waals surface area contributed by atoms with Gasteiger partial charge in [-0.15, -0.1) is 0 Å². The Morgan fingerprint density at radius 3 is 1.45 bits per heavy atom. The number of rotatable bonds is 1. The lowest BCUT2D eigenvalue weighted by molar-refractivity contribution is -0.138. The van der Waals surface area contributed by atoms with Gasteiger partial charge in [0.2, 0.25) is 11.8 Å². The number of carboxylic acids is 1. The lowest BCUT2D eigenvalue weighted by Gasteiger charge is -2.12. The molecule has 1 aromatic carbocycles. The zero-order valence-electron chi connectivity index (χ0n) is 16.6. The second kappa shape index (κ2) is 14.3. The van der Waals surface area contributed by atoms with Crippen molar-refractivity contribution in [3.63, 3.8) is 0 Å². The molecule has 0 atom stereocenters. The first-order chi connectivity index (χ1) is 13.4. The zero-order chi connectivity index (χ0) is 23.1. The molecule has 29 heavy (non-hydrogen) atoms. The van der Waals surface area contributed by atoms with E-state index in [2.05, 4.69) is 16.0 Å². The molecular weight excluding hydrogens is 388 g/mol. The third-order valence-corrected chi connectivity index (χ3v) is 2.55. The van der Waals surface area contributed by atoms with E-state index in [1.165, 1.54) is 27.9 Å². The van der Waals surface area contributed by atoms with Crippen molar-refractivity contribution < 1.29 is 38.6 Å². The van der Waals surface area contributed by atoms with Crippen molar-refractivity contribution in [3.05, 3.63) is 35.4 Å². The van der Waals surface area contributed by atoms with Crippen molar-refractivity contribution >= 4 is 35.6 Å². The Morgan fingerprint density at radius 2 is 1.24 bits per heavy atom. The van der Waals surface area contributed by atoms with Gasteiger partial charge in [0.1, 0.15) is 0 Å². The van der Waals surface area contributed by atoms with Crippen molar-refractivity contribution in [3.8, 4) is 0 Å². The van der Waals surface area contributed by atoms with Crippen molar-refractivity contribution in [2.45, 2.75) is 27.7 Å². The van der Waals surface area contributed by atoms with Crippen LogP contribution < -0.4 is 16.7 Å². The molecule has 12 nitrogen and oxygen atoms in total. The minimum Gasteiger partial charge on any atom is -0.481 e. The molecule has 0 aliphatic carbocycles. The number of ether oxygens (including phenoxy) is 1. The molecule has 1 heterocycles. The van der Waals surface area contributed by atoms with Crippen LogP contribution >= 0.6 is 0 Å². The maximum Gasteiger partial charge on any atom is 0.302 e. The minimum atomic E-state index is -0.833. The van der Waals surface area contributed by atoms with Gasteiger partial charge in [-0.2, -0.15) is 5.01 Å². The van der Waals surface area contributed by atoms with Gasteiger partial charge in [0.15, 0.2) is 0 Å². The van der Waals surface area contributed by atoms with E-state index in [-0.39, 0.29) is 11.9 Å². The Balaban J connectivity index is 0. The predicted octanol–water partition coefficient (Wildman–Crippen LogP) is -0.400. The van der Waals surface area contributed by atoms with Gasteiger partial charge >= 0.3 is 5.97 Å². The molecule has 0 spiro atoms. The highest BCUT2D eigenvalue weighted by molar-refractivity contribution is 6.21. The van der Waals surface area contributed by atoms with Crippen LogP contribution in [0.5, 0.6) is 0 Å². The first-order valence-corrected chi connectivity index (χ1v) is 7.85. The number of carbonyl (C=O) groups is 6. The highest BCUT2D eigenvalue weighted by atomic mass is 16.5. The molecule has 160 valence electrons. The van der Waals surface area contributed by atoms with Crippen LogP contribution in [0.3, 0.4) is 0 Å². The molecule has 5 N–H and O–H groups in total. The number of nitrogens with one attached hydrogen (secondary N) is 2. The first kappa shape index (κ1) is 27.4. The fraction of sp³-hybridized carbons (Fsp3) is 0.294. The molecule has 1 aliphatic rings. The van der Waals surface area contributed by atoms with Gasteiger partial charge < -0.3 is 9.84 Å². The number of aliphatic carboxylic acids is 1. The SMILES string of the molecule is CC(=O)NN.CC(=O)NN1C(=O)c2ccccc2C1=O.CC(=O)O.COC(C)=O. The topological polar surface area (TPSA) is 185 Å². The van der Waals surface area contributed by atoms with Gasteiger partial charge in [0.25, 0.3) is 17.8 Å². The number of carboxylic acid groups (broad SMARTS) is 1. The van der Waals surface area contributed by atoms with Gasteiger partial charge in [-0.05, 0) is 12.1 Å². The number of hydrazine groups is 2. The number of hydrogen-bond acceptors (Lipinski definition) is 8. The third kappa shape index (κ3) is 12.3. The second-order valence-electron chi connectivity index (χ2n) is 5.07. The monoisotopic (exact) mass is 412 g/mol. The number of nitrogens with zero attached hydrogens (tertiary/aromatic N) is 1. The maximum atomic E-state index is 11.6. The Kier molecular flexibility index (Phi) is 13.5. The number of fused-ring (bicyclic) bond motifs is 1. The molecule has 0 bridgehead atoms. The van der Waals surface area contributed by atoms with Crippen LogP contribution in [-0.2, 0) is 23.9 Å². The average molecular weight is 412 g/mol. The summed E-state index contributed by atoms with van der Waals surface area (Å²) in [5.41, 5.74) is 4.70. The van der Waals surface area contributed by atoms with Crippen molar-refractivity contribution in [2.75, 3.05) is 7.11 Å². The fourth-order valence-corrected chi connectivity index (χ4v) is 1.45. The number of esters is 1. The van der Waals surface area contributed by atoms with E-state index >= 15 is 0 Å². The third-order valence-electron chi connectivity index (χ3n) is 2.55. The zero-order valence-corrected chi connectivity index (χ0v) is 16.6. The normalized spacial score (nSPS) is 10.5. The molecule has 0 saturated heterocycles. The van der Waals surface area contributed by atoms with Crippen LogP contribution in [0.4, 0.5) is 0 Å². The molecule has 0 radical (unpaired) electrons. The summed E-state index contributed by atoms with van der Waals surface area (Å²) in [5.74, 6) is 1.83. The summed E-state index contributed by atoms with van der Waals surface area (Å²) in [6.07, 6.45) is 0. The van der Waals surface area contributed by atoms with Gasteiger partial charge in [0.05, 0.1) is 18.2 Å². The summed E-state index contributed by atoms with van der Waals surface area (Å²) in [4.78, 5) is 62.2. The summed E-state index contributed by atoms with van der Waals surface area (Å²) < 4.78 is 4.11. The molecule has 1 aliphatic heterocycles. The molecule has 0 saturated carbocycles. The van der Waals surface area contributed by atoms with Crippen molar-refractivity contribution in [2.24, 2.45) is 5.84 Å². The van der Waals surface area contributed by atoms with Gasteiger partial charge in [0, 0.05) is 27.7 Å². The maximum absolute atomic E-state index is 11.6. The average Bonchev–Trinajstić information content (AvgIpc) is 2.87. The first-order valence-electron chi connectivity index (χ1n) is 7.85. The van der Waals surface area contributed by atoms with Crippen LogP contribution in [0, 0.1) is 0 Å². The standard InChI is InChI=1S/C10H8N2O3.C3H6O2.C2H6N2O.C2H4O2/c1-6(13)11-12-9(14)7-4-2-3-5-8(7)10(12)15;1-3(4)5-2;1-2(5)4-3;1-2(3)4/h2-5H,1H3,(H,11,13);1-2H3;3H2,1H3,(H,4,5);1H3,(H,3,4). The Bertz CT molecular complexity index is 711. The highest BCUT2D eigenvalue weighted by Crippen LogP contribution is 2.20. The minimum absolute atomic E-state index is 0.218. The molecule has 4 amide bonds. The van der Waals surface area contributed by atoms with Crippen molar-refractivity contribution in [1.29, 1.82) is 0 Å². The Morgan fingerprint density at radius 1 is 0.931 bits per heavy atom. The highest BCUT2D eigenvalue weighted by Gasteiger charge is 2.35. The number of hydrogen-bond donors (Lipinski definition) is 4. The molecule has 12 heteroatoms. The molecular formula is C17H24N4O8. The van der Waals surface area contributed by atoms with E-state index in [4.69, 9.17) is 9.90 Å². The van der Waals surface area contributed by atoms with E-state index in [0.29, 0.717) is 11.1 Å². The molecule has 0 unspecified atom stereocenters. The Hall–Kier alpha value is -3.80. The number of nitrogens with two attached hydrogens (primary N) is 1. The van der Waals surface area contributed by atoms with E-state index in [1.807, 2.05) is 5.43 Å². The summed E-state index contributed by atoms with van der Waals surface area (Å²) in [6, 6.07) is 6.44. The number of amides is 4. The van der Waals surface area contributed by atoms with Crippen LogP contribution in [0.2, 0.25) is 0 Å². The van der Waals surface area contributed by atoms with Gasteiger partial charge in [-0.25, -0.2) is 5.84 Å². The Labute approximate surface area is 166 Å². The summed E-state index contributed by atoms with van der Waals surface area (Å²) in [5, 5.41) is 8.15. The second-order valence-corrected chi connectivity index (χ2v) is 5.07. The van der Waals surface area contributed by atoms with Crippen LogP contribution in [0.25, 0.3) is 0 Å². The fourth-order valence-electron chi connectivity index (χ4n) is 1.45. The molecule has 0 fully saturated rings. The quantitative estimate of drug-likeness (QED) is 0.156. The lowest BCUT2D eigenvalue weighted by Crippen LogP contribution is -2.44. The predicted molar refractivity (Wildman–Crippen MR) is 99.8 cm³/mol. The number of carbonyl (C=O) groups excluding carboxylic acids is 5. The van der Waals surface area contributed by atoms with Crippen molar-refractivity contribution in [1.82, 2.24) is 15.9 Å². The van der Waals surface area contributed by atoms with Crippen LogP contribution in [-0.4, -0.2) is 52.8 Å². The van der Waals surface area contributed by atoms with Gasteiger partial charge in [-0.3, -0.25) is 39.6 Å². The smallest absolute Gasteiger partial charge is 0.302 e. The lowest BCUT2D eigenvalue weighted by atomic mass is 10.1. The summed E-state index contributed by atoms with van der Waals surface area (Å²) in [7, 11) is 1.35. The molecule has 0 aromatic heterocycles. The van der Waals surface area contributed by atoms with E-state index in [0.717, 1.165) is 11.9 Å². The van der Waals surface area contributed by atoms with E-state index in [9.17, 15) is 24.0 Å². The molecule has 2 rings (SSSR count). The van der Waals surface area contributed by atoms with Crippen LogP contribution in [0.1, 0.15) is 48.4 Å². The summed E-state index contributed by atoms with van der Waals surface area (Å²) >= 11 is 0. The number of methoxy groups -OCH3 is 1. The molecule has 1 aromatic rings. The van der Waals surface area contributed by atoms with E-state index < -0.39 is 23.7 Å².